The van der Waals surface area contributed by atoms with Crippen molar-refractivity contribution in [2.75, 3.05) is 33.5 Å². The first kappa shape index (κ1) is 23.6. The second kappa shape index (κ2) is 10.5. The van der Waals surface area contributed by atoms with E-state index in [-0.39, 0.29) is 24.5 Å². The SMILES string of the molecule is CCOc1ccc(/C(O)=C2/C(=O)C(=O)N(CCOC)C2c2ccc(Cl)cc2)c(OCC)c1. The molecule has 170 valence electrons. The number of halogens is 1. The number of hydrogen-bond acceptors (Lipinski definition) is 6. The lowest BCUT2D eigenvalue weighted by Gasteiger charge is -2.25. The summed E-state index contributed by atoms with van der Waals surface area (Å²) in [5, 5.41) is 11.8. The molecule has 1 N–H and O–H groups in total. The van der Waals surface area contributed by atoms with Crippen LogP contribution in [-0.2, 0) is 14.3 Å². The molecular weight excluding hydrogens is 434 g/mol. The van der Waals surface area contributed by atoms with Crippen molar-refractivity contribution in [3.05, 3.63) is 64.2 Å². The molecule has 2 aromatic carbocycles. The van der Waals surface area contributed by atoms with Gasteiger partial charge in [-0.3, -0.25) is 9.59 Å². The second-order valence-electron chi connectivity index (χ2n) is 7.06. The maximum atomic E-state index is 13.0. The maximum Gasteiger partial charge on any atom is 0.295 e. The fourth-order valence-corrected chi connectivity index (χ4v) is 3.79. The summed E-state index contributed by atoms with van der Waals surface area (Å²) in [5.74, 6) is -0.853. The van der Waals surface area contributed by atoms with Crippen molar-refractivity contribution in [2.45, 2.75) is 19.9 Å². The van der Waals surface area contributed by atoms with Crippen LogP contribution in [0.4, 0.5) is 0 Å². The summed E-state index contributed by atoms with van der Waals surface area (Å²) < 4.78 is 16.3. The third-order valence-electron chi connectivity index (χ3n) is 5.08. The van der Waals surface area contributed by atoms with Crippen LogP contribution in [0.3, 0.4) is 0 Å². The van der Waals surface area contributed by atoms with E-state index in [0.717, 1.165) is 0 Å². The van der Waals surface area contributed by atoms with Crippen LogP contribution < -0.4 is 9.47 Å². The predicted molar refractivity (Wildman–Crippen MR) is 121 cm³/mol. The monoisotopic (exact) mass is 459 g/mol. The average Bonchev–Trinajstić information content (AvgIpc) is 3.03. The lowest BCUT2D eigenvalue weighted by atomic mass is 9.95. The fourth-order valence-electron chi connectivity index (χ4n) is 3.67. The zero-order valence-electron chi connectivity index (χ0n) is 18.3. The van der Waals surface area contributed by atoms with Gasteiger partial charge in [0.05, 0.1) is 37.0 Å². The van der Waals surface area contributed by atoms with Gasteiger partial charge in [0, 0.05) is 24.7 Å². The Morgan fingerprint density at radius 2 is 1.75 bits per heavy atom. The van der Waals surface area contributed by atoms with Gasteiger partial charge in [0.15, 0.2) is 0 Å². The molecular formula is C24H26ClNO6. The minimum absolute atomic E-state index is 0.0152. The van der Waals surface area contributed by atoms with Crippen LogP contribution >= 0.6 is 11.6 Å². The Balaban J connectivity index is 2.18. The Labute approximate surface area is 192 Å². The average molecular weight is 460 g/mol. The number of carbonyl (C=O) groups excluding carboxylic acids is 2. The number of ketones is 1. The number of methoxy groups -OCH3 is 1. The highest BCUT2D eigenvalue weighted by atomic mass is 35.5. The van der Waals surface area contributed by atoms with Crippen molar-refractivity contribution in [1.29, 1.82) is 0 Å². The lowest BCUT2D eigenvalue weighted by Crippen LogP contribution is -2.32. The molecule has 0 spiro atoms. The molecule has 1 atom stereocenters. The minimum Gasteiger partial charge on any atom is -0.507 e. The number of Topliss-reactive ketones (excluding diaryl/α,β-unsaturated/α-hetero) is 1. The van der Waals surface area contributed by atoms with Gasteiger partial charge in [-0.1, -0.05) is 23.7 Å². The van der Waals surface area contributed by atoms with E-state index in [0.29, 0.717) is 40.9 Å². The zero-order chi connectivity index (χ0) is 23.3. The van der Waals surface area contributed by atoms with Gasteiger partial charge < -0.3 is 24.2 Å². The van der Waals surface area contributed by atoms with Crippen LogP contribution in [-0.4, -0.2) is 55.2 Å². The Kier molecular flexibility index (Phi) is 7.77. The molecule has 0 bridgehead atoms. The Morgan fingerprint density at radius 1 is 1.06 bits per heavy atom. The molecule has 1 unspecified atom stereocenters. The van der Waals surface area contributed by atoms with Gasteiger partial charge in [0.2, 0.25) is 0 Å². The normalized spacial score (nSPS) is 17.6. The van der Waals surface area contributed by atoms with Crippen LogP contribution in [0, 0.1) is 0 Å². The number of aliphatic hydroxyl groups excluding tert-OH is 1. The fraction of sp³-hybridized carbons (Fsp3) is 0.333. The number of ether oxygens (including phenoxy) is 3. The van der Waals surface area contributed by atoms with E-state index < -0.39 is 17.7 Å². The summed E-state index contributed by atoms with van der Waals surface area (Å²) in [6, 6.07) is 11.0. The molecule has 0 radical (unpaired) electrons. The van der Waals surface area contributed by atoms with E-state index in [9.17, 15) is 14.7 Å². The number of carbonyl (C=O) groups is 2. The third-order valence-corrected chi connectivity index (χ3v) is 5.33. The molecule has 0 saturated carbocycles. The van der Waals surface area contributed by atoms with E-state index >= 15 is 0 Å². The van der Waals surface area contributed by atoms with Gasteiger partial charge in [0.1, 0.15) is 17.3 Å². The highest BCUT2D eigenvalue weighted by Crippen LogP contribution is 2.41. The van der Waals surface area contributed by atoms with E-state index in [1.54, 1.807) is 42.5 Å². The van der Waals surface area contributed by atoms with Gasteiger partial charge in [-0.25, -0.2) is 0 Å². The Hall–Kier alpha value is -3.03. The minimum atomic E-state index is -0.788. The van der Waals surface area contributed by atoms with Crippen molar-refractivity contribution >= 4 is 29.1 Å². The van der Waals surface area contributed by atoms with E-state index in [2.05, 4.69) is 0 Å². The first-order valence-electron chi connectivity index (χ1n) is 10.4. The predicted octanol–water partition coefficient (Wildman–Crippen LogP) is 4.21. The van der Waals surface area contributed by atoms with Crippen LogP contribution in [0.25, 0.3) is 5.76 Å². The smallest absolute Gasteiger partial charge is 0.295 e. The quantitative estimate of drug-likeness (QED) is 0.343. The highest BCUT2D eigenvalue weighted by Gasteiger charge is 2.46. The van der Waals surface area contributed by atoms with E-state index in [4.69, 9.17) is 25.8 Å². The summed E-state index contributed by atoms with van der Waals surface area (Å²) in [7, 11) is 1.52. The molecule has 2 aromatic rings. The first-order chi connectivity index (χ1) is 15.4. The van der Waals surface area contributed by atoms with E-state index in [1.165, 1.54) is 12.0 Å². The van der Waals surface area contributed by atoms with Crippen LogP contribution in [0.2, 0.25) is 5.02 Å². The summed E-state index contributed by atoms with van der Waals surface area (Å²) in [6.45, 7) is 4.92. The van der Waals surface area contributed by atoms with Gasteiger partial charge in [-0.2, -0.15) is 0 Å². The lowest BCUT2D eigenvalue weighted by molar-refractivity contribution is -0.140. The molecule has 32 heavy (non-hydrogen) atoms. The molecule has 1 aliphatic rings. The summed E-state index contributed by atoms with van der Waals surface area (Å²) in [5.41, 5.74) is 0.938. The van der Waals surface area contributed by atoms with Crippen molar-refractivity contribution in [2.24, 2.45) is 0 Å². The van der Waals surface area contributed by atoms with Crippen molar-refractivity contribution in [1.82, 2.24) is 4.90 Å². The van der Waals surface area contributed by atoms with Crippen molar-refractivity contribution in [3.8, 4) is 11.5 Å². The number of rotatable bonds is 9. The molecule has 8 heteroatoms. The van der Waals surface area contributed by atoms with Crippen molar-refractivity contribution < 1.29 is 28.9 Å². The number of benzene rings is 2. The molecule has 0 aromatic heterocycles. The largest absolute Gasteiger partial charge is 0.507 e. The van der Waals surface area contributed by atoms with Gasteiger partial charge in [-0.05, 0) is 43.7 Å². The second-order valence-corrected chi connectivity index (χ2v) is 7.50. The molecule has 0 aliphatic carbocycles. The molecule has 1 fully saturated rings. The van der Waals surface area contributed by atoms with Crippen LogP contribution in [0.1, 0.15) is 31.0 Å². The topological polar surface area (TPSA) is 85.3 Å². The summed E-state index contributed by atoms with van der Waals surface area (Å²) >= 11 is 6.03. The molecule has 3 rings (SSSR count). The Morgan fingerprint density at radius 3 is 2.38 bits per heavy atom. The maximum absolute atomic E-state index is 13.0. The summed E-state index contributed by atoms with van der Waals surface area (Å²) in [4.78, 5) is 27.3. The number of aliphatic hydroxyl groups is 1. The first-order valence-corrected chi connectivity index (χ1v) is 10.7. The molecule has 1 aliphatic heterocycles. The van der Waals surface area contributed by atoms with Crippen LogP contribution in [0.15, 0.2) is 48.0 Å². The standard InChI is InChI=1S/C24H26ClNO6/c1-4-31-17-10-11-18(19(14-17)32-5-2)22(27)20-21(15-6-8-16(25)9-7-15)26(12-13-30-3)24(29)23(20)28/h6-11,14,21,27H,4-5,12-13H2,1-3H3/b22-20-. The van der Waals surface area contributed by atoms with Gasteiger partial charge in [-0.15, -0.1) is 0 Å². The highest BCUT2D eigenvalue weighted by molar-refractivity contribution is 6.46. The van der Waals surface area contributed by atoms with Gasteiger partial charge >= 0.3 is 0 Å². The van der Waals surface area contributed by atoms with Crippen LogP contribution in [0.5, 0.6) is 11.5 Å². The third kappa shape index (κ3) is 4.74. The molecule has 1 saturated heterocycles. The molecule has 1 heterocycles. The van der Waals surface area contributed by atoms with Gasteiger partial charge in [0.25, 0.3) is 11.7 Å². The molecule has 1 amide bonds. The number of likely N-dealkylation sites (tertiary alicyclic amines) is 1. The summed E-state index contributed by atoms with van der Waals surface area (Å²) in [6.07, 6.45) is 0. The van der Waals surface area contributed by atoms with Crippen molar-refractivity contribution in [3.63, 3.8) is 0 Å². The number of amides is 1. The molecule has 7 nitrogen and oxygen atoms in total. The number of hydrogen-bond donors (Lipinski definition) is 1. The Bertz CT molecular complexity index is 1020. The van der Waals surface area contributed by atoms with E-state index in [1.807, 2.05) is 13.8 Å². The zero-order valence-corrected chi connectivity index (χ0v) is 19.0. The number of nitrogens with zero attached hydrogens (tertiary/aromatic N) is 1.